The Morgan fingerprint density at radius 3 is 3.00 bits per heavy atom. The molecule has 0 amide bonds. The second-order valence-electron chi connectivity index (χ2n) is 3.14. The zero-order chi connectivity index (χ0) is 9.68. The first-order valence-electron chi connectivity index (χ1n) is 4.47. The number of hydrogen-bond acceptors (Lipinski definition) is 3. The molecule has 0 radical (unpaired) electrons. The third-order valence-corrected chi connectivity index (χ3v) is 2.05. The minimum absolute atomic E-state index is 0.0233. The molecule has 0 fully saturated rings. The molecule has 2 N–H and O–H groups in total. The highest BCUT2D eigenvalue weighted by Gasteiger charge is 2.09. The number of aromatic nitrogens is 2. The zero-order valence-electron chi connectivity index (χ0n) is 8.23. The Balaban J connectivity index is 2.39. The van der Waals surface area contributed by atoms with E-state index in [0.717, 1.165) is 25.3 Å². The van der Waals surface area contributed by atoms with Gasteiger partial charge in [-0.1, -0.05) is 0 Å². The van der Waals surface area contributed by atoms with Crippen LogP contribution >= 0.6 is 0 Å². The van der Waals surface area contributed by atoms with Gasteiger partial charge in [-0.3, -0.25) is 0 Å². The number of imidazole rings is 1. The van der Waals surface area contributed by atoms with Gasteiger partial charge in [-0.25, -0.2) is 4.98 Å². The van der Waals surface area contributed by atoms with Crippen molar-refractivity contribution in [2.75, 3.05) is 13.7 Å². The molecule has 4 nitrogen and oxygen atoms in total. The molecule has 0 aromatic carbocycles. The van der Waals surface area contributed by atoms with Crippen molar-refractivity contribution in [1.82, 2.24) is 9.55 Å². The Morgan fingerprint density at radius 2 is 2.46 bits per heavy atom. The first kappa shape index (κ1) is 10.2. The van der Waals surface area contributed by atoms with E-state index in [1.54, 1.807) is 13.3 Å². The molecule has 0 saturated heterocycles. The van der Waals surface area contributed by atoms with Crippen LogP contribution in [0.3, 0.4) is 0 Å². The number of methoxy groups -OCH3 is 1. The Kier molecular flexibility index (Phi) is 3.92. The molecule has 0 aliphatic rings. The monoisotopic (exact) mass is 183 g/mol. The summed E-state index contributed by atoms with van der Waals surface area (Å²) in [5, 5.41) is 0. The first-order valence-corrected chi connectivity index (χ1v) is 4.47. The molecular weight excluding hydrogens is 166 g/mol. The highest BCUT2D eigenvalue weighted by Crippen LogP contribution is 2.12. The summed E-state index contributed by atoms with van der Waals surface area (Å²) in [6, 6.07) is 0.0233. The van der Waals surface area contributed by atoms with Crippen molar-refractivity contribution < 1.29 is 4.74 Å². The fraction of sp³-hybridized carbons (Fsp3) is 0.667. The molecule has 74 valence electrons. The van der Waals surface area contributed by atoms with Crippen LogP contribution in [-0.4, -0.2) is 23.3 Å². The first-order chi connectivity index (χ1) is 6.25. The number of hydrogen-bond donors (Lipinski definition) is 1. The smallest absolute Gasteiger partial charge is 0.125 e. The van der Waals surface area contributed by atoms with E-state index in [0.29, 0.717) is 0 Å². The van der Waals surface area contributed by atoms with Crippen LogP contribution in [0.1, 0.15) is 24.7 Å². The van der Waals surface area contributed by atoms with E-state index in [2.05, 4.69) is 4.98 Å². The summed E-state index contributed by atoms with van der Waals surface area (Å²) in [7, 11) is 3.66. The molecule has 0 bridgehead atoms. The third kappa shape index (κ3) is 2.82. The van der Waals surface area contributed by atoms with Gasteiger partial charge >= 0.3 is 0 Å². The van der Waals surface area contributed by atoms with Crippen molar-refractivity contribution in [3.05, 3.63) is 18.2 Å². The van der Waals surface area contributed by atoms with Gasteiger partial charge in [0.15, 0.2) is 0 Å². The zero-order valence-corrected chi connectivity index (χ0v) is 8.23. The van der Waals surface area contributed by atoms with Gasteiger partial charge in [0.05, 0.1) is 6.04 Å². The predicted molar refractivity (Wildman–Crippen MR) is 51.2 cm³/mol. The van der Waals surface area contributed by atoms with Gasteiger partial charge in [-0.2, -0.15) is 0 Å². The lowest BCUT2D eigenvalue weighted by Gasteiger charge is -2.10. The van der Waals surface area contributed by atoms with Crippen LogP contribution in [0.15, 0.2) is 12.4 Å². The standard InChI is InChI=1S/C9H17N3O/c1-12-6-5-11-9(12)8(10)4-3-7-13-2/h5-6,8H,3-4,7,10H2,1-2H3. The number of ether oxygens (including phenoxy) is 1. The molecule has 0 aliphatic heterocycles. The van der Waals surface area contributed by atoms with Gasteiger partial charge in [-0.15, -0.1) is 0 Å². The summed E-state index contributed by atoms with van der Waals surface area (Å²) in [6.07, 6.45) is 5.57. The van der Waals surface area contributed by atoms with Crippen molar-refractivity contribution in [3.63, 3.8) is 0 Å². The average Bonchev–Trinajstić information content (AvgIpc) is 2.52. The number of aryl methyl sites for hydroxylation is 1. The van der Waals surface area contributed by atoms with Crippen molar-refractivity contribution in [2.24, 2.45) is 12.8 Å². The summed E-state index contributed by atoms with van der Waals surface area (Å²) in [4.78, 5) is 4.19. The van der Waals surface area contributed by atoms with Crippen LogP contribution in [0, 0.1) is 0 Å². The predicted octanol–water partition coefficient (Wildman–Crippen LogP) is 0.847. The largest absolute Gasteiger partial charge is 0.385 e. The SMILES string of the molecule is COCCCC(N)c1nccn1C. The minimum atomic E-state index is 0.0233. The maximum atomic E-state index is 5.94. The Hall–Kier alpha value is -0.870. The Labute approximate surface area is 78.7 Å². The van der Waals surface area contributed by atoms with Crippen LogP contribution in [0.5, 0.6) is 0 Å². The van der Waals surface area contributed by atoms with Gasteiger partial charge in [-0.05, 0) is 12.8 Å². The number of rotatable bonds is 5. The van der Waals surface area contributed by atoms with Gasteiger partial charge in [0.2, 0.25) is 0 Å². The van der Waals surface area contributed by atoms with E-state index < -0.39 is 0 Å². The van der Waals surface area contributed by atoms with Crippen molar-refractivity contribution in [2.45, 2.75) is 18.9 Å². The number of nitrogens with zero attached hydrogens (tertiary/aromatic N) is 2. The van der Waals surface area contributed by atoms with E-state index >= 15 is 0 Å². The second-order valence-corrected chi connectivity index (χ2v) is 3.14. The second kappa shape index (κ2) is 4.99. The molecular formula is C9H17N3O. The van der Waals surface area contributed by atoms with Crippen LogP contribution in [0.4, 0.5) is 0 Å². The summed E-state index contributed by atoms with van der Waals surface area (Å²) >= 11 is 0. The Bertz CT molecular complexity index is 247. The molecule has 1 aromatic heterocycles. The van der Waals surface area contributed by atoms with Crippen LogP contribution < -0.4 is 5.73 Å². The van der Waals surface area contributed by atoms with E-state index in [1.807, 2.05) is 17.8 Å². The highest BCUT2D eigenvalue weighted by atomic mass is 16.5. The maximum Gasteiger partial charge on any atom is 0.125 e. The van der Waals surface area contributed by atoms with E-state index in [1.165, 1.54) is 0 Å². The summed E-state index contributed by atoms with van der Waals surface area (Å²) < 4.78 is 6.91. The van der Waals surface area contributed by atoms with E-state index in [9.17, 15) is 0 Å². The van der Waals surface area contributed by atoms with Gasteiger partial charge < -0.3 is 15.0 Å². The maximum absolute atomic E-state index is 5.94. The van der Waals surface area contributed by atoms with Gasteiger partial charge in [0.25, 0.3) is 0 Å². The lowest BCUT2D eigenvalue weighted by atomic mass is 10.1. The molecule has 1 heterocycles. The summed E-state index contributed by atoms with van der Waals surface area (Å²) in [5.41, 5.74) is 5.94. The van der Waals surface area contributed by atoms with E-state index in [-0.39, 0.29) is 6.04 Å². The lowest BCUT2D eigenvalue weighted by Crippen LogP contribution is -2.15. The molecule has 1 unspecified atom stereocenters. The Morgan fingerprint density at radius 1 is 1.69 bits per heavy atom. The molecule has 0 aliphatic carbocycles. The molecule has 1 rings (SSSR count). The molecule has 1 aromatic rings. The fourth-order valence-corrected chi connectivity index (χ4v) is 1.31. The van der Waals surface area contributed by atoms with Crippen LogP contribution in [0.25, 0.3) is 0 Å². The lowest BCUT2D eigenvalue weighted by molar-refractivity contribution is 0.190. The van der Waals surface area contributed by atoms with Crippen LogP contribution in [0.2, 0.25) is 0 Å². The van der Waals surface area contributed by atoms with Gasteiger partial charge in [0.1, 0.15) is 5.82 Å². The van der Waals surface area contributed by atoms with Crippen molar-refractivity contribution in [1.29, 1.82) is 0 Å². The van der Waals surface area contributed by atoms with Crippen molar-refractivity contribution in [3.8, 4) is 0 Å². The van der Waals surface area contributed by atoms with Crippen molar-refractivity contribution >= 4 is 0 Å². The van der Waals surface area contributed by atoms with Crippen LogP contribution in [-0.2, 0) is 11.8 Å². The van der Waals surface area contributed by atoms with E-state index in [4.69, 9.17) is 10.5 Å². The average molecular weight is 183 g/mol. The third-order valence-electron chi connectivity index (χ3n) is 2.05. The molecule has 13 heavy (non-hydrogen) atoms. The molecule has 1 atom stereocenters. The molecule has 4 heteroatoms. The summed E-state index contributed by atoms with van der Waals surface area (Å²) in [6.45, 7) is 0.762. The highest BCUT2D eigenvalue weighted by molar-refractivity contribution is 4.97. The minimum Gasteiger partial charge on any atom is -0.385 e. The van der Waals surface area contributed by atoms with Gasteiger partial charge in [0, 0.05) is 33.2 Å². The normalized spacial score (nSPS) is 13.2. The molecule has 0 saturated carbocycles. The summed E-state index contributed by atoms with van der Waals surface area (Å²) in [5.74, 6) is 0.941. The number of nitrogens with two attached hydrogens (primary N) is 1. The fourth-order valence-electron chi connectivity index (χ4n) is 1.31. The topological polar surface area (TPSA) is 53.1 Å². The quantitative estimate of drug-likeness (QED) is 0.688. The molecule has 0 spiro atoms.